The van der Waals surface area contributed by atoms with Crippen molar-refractivity contribution in [2.45, 2.75) is 13.2 Å². The normalized spacial score (nSPS) is 11.0. The molecule has 0 aliphatic rings. The highest BCUT2D eigenvalue weighted by molar-refractivity contribution is 6.17. The third-order valence-corrected chi connectivity index (χ3v) is 9.29. The number of fused-ring (bicyclic) bond motifs is 2. The first-order valence-electron chi connectivity index (χ1n) is 17.6. The Morgan fingerprint density at radius 1 is 0.463 bits per heavy atom. The molecule has 0 fully saturated rings. The first-order valence-corrected chi connectivity index (χ1v) is 17.6. The summed E-state index contributed by atoms with van der Waals surface area (Å²) in [6.07, 6.45) is 0. The van der Waals surface area contributed by atoms with E-state index >= 15 is 4.79 Å². The van der Waals surface area contributed by atoms with Gasteiger partial charge in [0.15, 0.2) is 28.8 Å². The number of ketones is 1. The quantitative estimate of drug-likeness (QED) is 0.117. The molecule has 0 unspecified atom stereocenters. The van der Waals surface area contributed by atoms with Crippen molar-refractivity contribution in [2.24, 2.45) is 0 Å². The van der Waals surface area contributed by atoms with Crippen LogP contribution in [0.4, 0.5) is 0 Å². The fourth-order valence-electron chi connectivity index (χ4n) is 6.50. The van der Waals surface area contributed by atoms with Gasteiger partial charge in [0.2, 0.25) is 0 Å². The lowest BCUT2D eigenvalue weighted by Gasteiger charge is -2.17. The number of nitrogens with zero attached hydrogens (tertiary/aromatic N) is 2. The zero-order valence-corrected chi connectivity index (χ0v) is 29.9. The number of para-hydroxylation sites is 2. The van der Waals surface area contributed by atoms with E-state index < -0.39 is 0 Å². The van der Waals surface area contributed by atoms with Crippen molar-refractivity contribution in [1.82, 2.24) is 9.97 Å². The van der Waals surface area contributed by atoms with E-state index in [1.807, 2.05) is 158 Å². The van der Waals surface area contributed by atoms with Crippen LogP contribution in [-0.4, -0.2) is 30.0 Å². The first kappa shape index (κ1) is 34.1. The van der Waals surface area contributed by atoms with Gasteiger partial charge in [-0.2, -0.15) is 0 Å². The zero-order chi connectivity index (χ0) is 36.9. The summed E-state index contributed by atoms with van der Waals surface area (Å²) < 4.78 is 23.9. The molecular weight excluding hydrogens is 673 g/mol. The van der Waals surface area contributed by atoms with E-state index in [1.165, 1.54) is 0 Å². The van der Waals surface area contributed by atoms with E-state index in [0.717, 1.165) is 32.9 Å². The maximum Gasteiger partial charge on any atom is 0.197 e. The molecule has 0 atom stereocenters. The van der Waals surface area contributed by atoms with Gasteiger partial charge >= 0.3 is 0 Å². The van der Waals surface area contributed by atoms with Gasteiger partial charge in [-0.05, 0) is 71.8 Å². The number of methoxy groups -OCH3 is 2. The molecule has 6 aromatic carbocycles. The van der Waals surface area contributed by atoms with Gasteiger partial charge in [0.05, 0.1) is 36.6 Å². The highest BCUT2D eigenvalue weighted by Crippen LogP contribution is 2.38. The minimum absolute atomic E-state index is 0.219. The van der Waals surface area contributed by atoms with Gasteiger partial charge in [0.1, 0.15) is 13.2 Å². The van der Waals surface area contributed by atoms with Crippen LogP contribution in [0.5, 0.6) is 23.0 Å². The van der Waals surface area contributed by atoms with Crippen molar-refractivity contribution in [1.29, 1.82) is 0 Å². The smallest absolute Gasteiger partial charge is 0.197 e. The Bertz CT molecular complexity index is 2430. The second-order valence-corrected chi connectivity index (χ2v) is 12.8. The van der Waals surface area contributed by atoms with Gasteiger partial charge in [-0.15, -0.1) is 0 Å². The lowest BCUT2D eigenvalue weighted by atomic mass is 9.92. The molecule has 2 aromatic heterocycles. The van der Waals surface area contributed by atoms with Crippen molar-refractivity contribution >= 4 is 27.6 Å². The van der Waals surface area contributed by atoms with Crippen LogP contribution in [0, 0.1) is 0 Å². The van der Waals surface area contributed by atoms with Crippen LogP contribution >= 0.6 is 0 Å². The van der Waals surface area contributed by atoms with Crippen molar-refractivity contribution in [2.75, 3.05) is 14.2 Å². The minimum Gasteiger partial charge on any atom is -0.493 e. The fourth-order valence-corrected chi connectivity index (χ4v) is 6.50. The summed E-state index contributed by atoms with van der Waals surface area (Å²) in [6, 6.07) is 50.6. The summed E-state index contributed by atoms with van der Waals surface area (Å²) in [6.45, 7) is 0.772. The van der Waals surface area contributed by atoms with E-state index in [0.29, 0.717) is 69.9 Å². The van der Waals surface area contributed by atoms with Gasteiger partial charge in [-0.1, -0.05) is 97.1 Å². The summed E-state index contributed by atoms with van der Waals surface area (Å²) >= 11 is 0. The molecule has 54 heavy (non-hydrogen) atoms. The Balaban J connectivity index is 1.22. The molecule has 0 spiro atoms. The predicted octanol–water partition coefficient (Wildman–Crippen LogP) is 10.5. The largest absolute Gasteiger partial charge is 0.493 e. The van der Waals surface area contributed by atoms with E-state index in [2.05, 4.69) is 0 Å². The number of ether oxygens (including phenoxy) is 4. The maximum absolute atomic E-state index is 15.1. The van der Waals surface area contributed by atoms with Gasteiger partial charge in [0.25, 0.3) is 0 Å². The summed E-state index contributed by atoms with van der Waals surface area (Å²) in [4.78, 5) is 25.2. The molecule has 0 radical (unpaired) electrons. The van der Waals surface area contributed by atoms with E-state index in [9.17, 15) is 0 Å². The molecule has 0 saturated carbocycles. The average Bonchev–Trinajstić information content (AvgIpc) is 3.24. The minimum atomic E-state index is -0.219. The molecule has 0 N–H and O–H groups in total. The molecule has 8 aromatic rings. The van der Waals surface area contributed by atoms with Gasteiger partial charge in [-0.25, -0.2) is 9.97 Å². The summed E-state index contributed by atoms with van der Waals surface area (Å²) in [5.74, 6) is 2.02. The van der Waals surface area contributed by atoms with Gasteiger partial charge in [-0.3, -0.25) is 4.79 Å². The predicted molar refractivity (Wildman–Crippen MR) is 212 cm³/mol. The van der Waals surface area contributed by atoms with Crippen molar-refractivity contribution in [3.05, 3.63) is 180 Å². The van der Waals surface area contributed by atoms with E-state index in [1.54, 1.807) is 14.2 Å². The molecule has 2 heterocycles. The van der Waals surface area contributed by atoms with Gasteiger partial charge in [0, 0.05) is 33.0 Å². The van der Waals surface area contributed by atoms with Crippen LogP contribution in [-0.2, 0) is 13.2 Å². The molecule has 0 aliphatic heterocycles. The summed E-state index contributed by atoms with van der Waals surface area (Å²) in [5.41, 5.74) is 6.94. The van der Waals surface area contributed by atoms with Gasteiger partial charge < -0.3 is 18.9 Å². The molecule has 0 aliphatic carbocycles. The summed E-state index contributed by atoms with van der Waals surface area (Å²) in [7, 11) is 3.21. The number of benzene rings is 6. The summed E-state index contributed by atoms with van der Waals surface area (Å²) in [5, 5.41) is 1.69. The van der Waals surface area contributed by atoms with Crippen LogP contribution in [0.1, 0.15) is 27.0 Å². The number of hydrogen-bond acceptors (Lipinski definition) is 7. The van der Waals surface area contributed by atoms with Crippen molar-refractivity contribution < 1.29 is 23.7 Å². The van der Waals surface area contributed by atoms with Crippen LogP contribution in [0.25, 0.3) is 44.3 Å². The monoisotopic (exact) mass is 708 g/mol. The highest BCUT2D eigenvalue weighted by Gasteiger charge is 2.24. The fraction of sp³-hybridized carbons (Fsp3) is 0.0851. The lowest BCUT2D eigenvalue weighted by molar-refractivity contribution is 0.103. The Labute approximate surface area is 313 Å². The van der Waals surface area contributed by atoms with Crippen LogP contribution in [0.15, 0.2) is 158 Å². The first-order chi connectivity index (χ1) is 26.6. The van der Waals surface area contributed by atoms with Crippen LogP contribution in [0.2, 0.25) is 0 Å². The zero-order valence-electron chi connectivity index (χ0n) is 29.9. The Morgan fingerprint density at radius 3 is 1.30 bits per heavy atom. The van der Waals surface area contributed by atoms with Crippen molar-refractivity contribution in [3.8, 4) is 45.5 Å². The molecule has 8 rings (SSSR count). The van der Waals surface area contributed by atoms with E-state index in [4.69, 9.17) is 28.9 Å². The van der Waals surface area contributed by atoms with Crippen LogP contribution < -0.4 is 18.9 Å². The Hall–Kier alpha value is -6.99. The van der Waals surface area contributed by atoms with Crippen LogP contribution in [0.3, 0.4) is 0 Å². The molecular formula is C47H36N2O5. The van der Waals surface area contributed by atoms with E-state index in [-0.39, 0.29) is 5.78 Å². The number of pyridine rings is 2. The number of carbonyl (C=O) groups is 1. The lowest BCUT2D eigenvalue weighted by Crippen LogP contribution is -2.09. The third kappa shape index (κ3) is 7.07. The second kappa shape index (κ2) is 15.3. The maximum atomic E-state index is 15.1. The average molecular weight is 709 g/mol. The molecule has 0 saturated heterocycles. The molecule has 264 valence electrons. The number of rotatable bonds is 12. The molecule has 7 heteroatoms. The number of hydrogen-bond donors (Lipinski definition) is 0. The SMILES string of the molecule is COc1cc(-c2nc3ccccc3cc2C(=O)c2cc3ccccc3nc2-c2ccc(OCc3ccccc3)c(OC)c2)ccc1OCc1ccccc1. The third-order valence-electron chi connectivity index (χ3n) is 9.29. The second-order valence-electron chi connectivity index (χ2n) is 12.8. The standard InChI is InChI=1S/C47H36N2O5/c1-51-43-27-35(21-23-41(43)53-29-31-13-5-3-6-14-31)45-37(25-33-17-9-11-19-39(33)48-45)47(50)38-26-34-18-10-12-20-40(34)49-46(38)36-22-24-42(44(28-36)52-2)54-30-32-15-7-4-8-16-32/h3-28H,29-30H2,1-2H3. The van der Waals surface area contributed by atoms with Crippen molar-refractivity contribution in [3.63, 3.8) is 0 Å². The highest BCUT2D eigenvalue weighted by atomic mass is 16.5. The number of aromatic nitrogens is 2. The Morgan fingerprint density at radius 2 is 0.870 bits per heavy atom. The molecule has 7 nitrogen and oxygen atoms in total. The number of carbonyl (C=O) groups excluding carboxylic acids is 1. The molecule has 0 bridgehead atoms. The topological polar surface area (TPSA) is 79.8 Å². The Kier molecular flexibility index (Phi) is 9.68. The molecule has 0 amide bonds.